The molecule has 0 unspecified atom stereocenters. The summed E-state index contributed by atoms with van der Waals surface area (Å²) < 4.78 is 24.7. The molecule has 1 aliphatic carbocycles. The van der Waals surface area contributed by atoms with E-state index in [4.69, 9.17) is 11.6 Å². The van der Waals surface area contributed by atoms with Gasteiger partial charge in [0, 0.05) is 12.4 Å². The predicted octanol–water partition coefficient (Wildman–Crippen LogP) is 1.33. The molecule has 1 N–H and O–H groups in total. The molecule has 0 heterocycles. The summed E-state index contributed by atoms with van der Waals surface area (Å²) in [6, 6.07) is 0. The number of nitrogens with one attached hydrogen (secondary N) is 1. The van der Waals surface area contributed by atoms with E-state index in [1.165, 1.54) is 12.8 Å². The first-order chi connectivity index (χ1) is 6.14. The van der Waals surface area contributed by atoms with Crippen LogP contribution in [0.2, 0.25) is 0 Å². The van der Waals surface area contributed by atoms with E-state index in [1.54, 1.807) is 0 Å². The van der Waals surface area contributed by atoms with Crippen molar-refractivity contribution in [3.8, 4) is 0 Å². The van der Waals surface area contributed by atoms with E-state index in [0.717, 1.165) is 18.8 Å². The van der Waals surface area contributed by atoms with Crippen molar-refractivity contribution < 1.29 is 8.42 Å². The van der Waals surface area contributed by atoms with Crippen LogP contribution in [0.4, 0.5) is 0 Å². The summed E-state index contributed by atoms with van der Waals surface area (Å²) in [5.74, 6) is 1.06. The Morgan fingerprint density at radius 1 is 1.38 bits per heavy atom. The molecule has 0 spiro atoms. The van der Waals surface area contributed by atoms with Gasteiger partial charge in [0.15, 0.2) is 0 Å². The average Bonchev–Trinajstić information content (AvgIpc) is 2.81. The van der Waals surface area contributed by atoms with Crippen molar-refractivity contribution in [3.63, 3.8) is 0 Å². The fourth-order valence-corrected chi connectivity index (χ4v) is 2.61. The van der Waals surface area contributed by atoms with Crippen molar-refractivity contribution in [2.45, 2.75) is 25.7 Å². The van der Waals surface area contributed by atoms with Gasteiger partial charge in [0.2, 0.25) is 10.0 Å². The van der Waals surface area contributed by atoms with Crippen LogP contribution in [0.1, 0.15) is 25.7 Å². The third-order valence-corrected chi connectivity index (χ3v) is 3.95. The van der Waals surface area contributed by atoms with Crippen LogP contribution < -0.4 is 4.72 Å². The maximum absolute atomic E-state index is 11.1. The van der Waals surface area contributed by atoms with Gasteiger partial charge >= 0.3 is 0 Å². The SMILES string of the molecule is O=S(=O)(CCCl)NCCCC1CC1. The van der Waals surface area contributed by atoms with Gasteiger partial charge in [0.1, 0.15) is 0 Å². The molecule has 0 amide bonds. The predicted molar refractivity (Wildman–Crippen MR) is 54.5 cm³/mol. The van der Waals surface area contributed by atoms with Crippen LogP contribution in [0.3, 0.4) is 0 Å². The van der Waals surface area contributed by atoms with Crippen LogP contribution in [0.25, 0.3) is 0 Å². The highest BCUT2D eigenvalue weighted by Gasteiger charge is 2.20. The van der Waals surface area contributed by atoms with Gasteiger partial charge in [-0.3, -0.25) is 0 Å². The Balaban J connectivity index is 2.02. The largest absolute Gasteiger partial charge is 0.215 e. The Kier molecular flexibility index (Phi) is 4.49. The Morgan fingerprint density at radius 2 is 2.08 bits per heavy atom. The van der Waals surface area contributed by atoms with E-state index in [-0.39, 0.29) is 11.6 Å². The second-order valence-corrected chi connectivity index (χ2v) is 5.79. The summed E-state index contributed by atoms with van der Waals surface area (Å²) in [4.78, 5) is 0. The summed E-state index contributed by atoms with van der Waals surface area (Å²) in [5, 5.41) is 0. The minimum Gasteiger partial charge on any atom is -0.215 e. The smallest absolute Gasteiger partial charge is 0.212 e. The van der Waals surface area contributed by atoms with Gasteiger partial charge in [-0.25, -0.2) is 13.1 Å². The van der Waals surface area contributed by atoms with Crippen LogP contribution in [-0.4, -0.2) is 26.6 Å². The molecule has 1 fully saturated rings. The van der Waals surface area contributed by atoms with Gasteiger partial charge < -0.3 is 0 Å². The molecule has 0 aliphatic heterocycles. The molecule has 0 saturated heterocycles. The molecule has 0 atom stereocenters. The molecule has 1 saturated carbocycles. The lowest BCUT2D eigenvalue weighted by atomic mass is 10.2. The minimum atomic E-state index is -3.09. The molecule has 1 aliphatic rings. The average molecular weight is 226 g/mol. The van der Waals surface area contributed by atoms with E-state index in [2.05, 4.69) is 4.72 Å². The summed E-state index contributed by atoms with van der Waals surface area (Å²) in [6.45, 7) is 0.565. The maximum atomic E-state index is 11.1. The number of halogens is 1. The highest BCUT2D eigenvalue weighted by atomic mass is 35.5. The van der Waals surface area contributed by atoms with Crippen molar-refractivity contribution in [1.29, 1.82) is 0 Å². The Hall–Kier alpha value is 0.200. The summed E-state index contributed by atoms with van der Waals surface area (Å²) >= 11 is 5.34. The first-order valence-electron chi connectivity index (χ1n) is 4.67. The van der Waals surface area contributed by atoms with Gasteiger partial charge in [-0.15, -0.1) is 11.6 Å². The quantitative estimate of drug-likeness (QED) is 0.525. The van der Waals surface area contributed by atoms with Crippen molar-refractivity contribution >= 4 is 21.6 Å². The number of hydrogen-bond donors (Lipinski definition) is 1. The number of rotatable bonds is 7. The summed E-state index contributed by atoms with van der Waals surface area (Å²) in [6.07, 6.45) is 4.76. The molecule has 1 rings (SSSR count). The van der Waals surface area contributed by atoms with Crippen LogP contribution in [0.5, 0.6) is 0 Å². The van der Waals surface area contributed by atoms with Crippen LogP contribution in [0.15, 0.2) is 0 Å². The molecule has 0 aromatic carbocycles. The molecule has 0 aromatic heterocycles. The second kappa shape index (κ2) is 5.17. The van der Waals surface area contributed by atoms with Gasteiger partial charge in [0.05, 0.1) is 5.75 Å². The van der Waals surface area contributed by atoms with Crippen molar-refractivity contribution in [3.05, 3.63) is 0 Å². The van der Waals surface area contributed by atoms with Crippen LogP contribution in [-0.2, 0) is 10.0 Å². The standard InChI is InChI=1S/C8H16ClNO2S/c9-5-7-13(11,12)10-6-1-2-8-3-4-8/h8,10H,1-7H2. The van der Waals surface area contributed by atoms with Crippen LogP contribution >= 0.6 is 11.6 Å². The van der Waals surface area contributed by atoms with Gasteiger partial charge in [-0.05, 0) is 18.8 Å². The van der Waals surface area contributed by atoms with Crippen molar-refractivity contribution in [2.24, 2.45) is 5.92 Å². The number of hydrogen-bond acceptors (Lipinski definition) is 2. The molecule has 0 aromatic rings. The van der Waals surface area contributed by atoms with Crippen molar-refractivity contribution in [1.82, 2.24) is 4.72 Å². The van der Waals surface area contributed by atoms with E-state index in [1.807, 2.05) is 0 Å². The minimum absolute atomic E-state index is 0.0258. The van der Waals surface area contributed by atoms with Crippen molar-refractivity contribution in [2.75, 3.05) is 18.2 Å². The monoisotopic (exact) mass is 225 g/mol. The zero-order chi connectivity index (χ0) is 9.73. The fourth-order valence-electron chi connectivity index (χ4n) is 1.20. The molecule has 13 heavy (non-hydrogen) atoms. The Bertz CT molecular complexity index is 237. The van der Waals surface area contributed by atoms with E-state index in [9.17, 15) is 8.42 Å². The summed E-state index contributed by atoms with van der Waals surface area (Å²) in [5.41, 5.74) is 0. The zero-order valence-corrected chi connectivity index (χ0v) is 9.20. The first kappa shape index (κ1) is 11.3. The maximum Gasteiger partial charge on any atom is 0.212 e. The first-order valence-corrected chi connectivity index (χ1v) is 6.86. The third-order valence-electron chi connectivity index (χ3n) is 2.15. The van der Waals surface area contributed by atoms with Gasteiger partial charge in [-0.2, -0.15) is 0 Å². The van der Waals surface area contributed by atoms with Gasteiger partial charge in [-0.1, -0.05) is 12.8 Å². The zero-order valence-electron chi connectivity index (χ0n) is 7.63. The lowest BCUT2D eigenvalue weighted by Gasteiger charge is -2.03. The fraction of sp³-hybridized carbons (Fsp3) is 1.00. The molecule has 3 nitrogen and oxygen atoms in total. The summed E-state index contributed by atoms with van der Waals surface area (Å²) in [7, 11) is -3.09. The van der Waals surface area contributed by atoms with E-state index >= 15 is 0 Å². The normalized spacial score (nSPS) is 17.6. The molecular weight excluding hydrogens is 210 g/mol. The number of alkyl halides is 1. The Morgan fingerprint density at radius 3 is 2.62 bits per heavy atom. The van der Waals surface area contributed by atoms with E-state index in [0.29, 0.717) is 6.54 Å². The third kappa shape index (κ3) is 5.49. The molecule has 0 radical (unpaired) electrons. The molecule has 0 bridgehead atoms. The van der Waals surface area contributed by atoms with Crippen LogP contribution in [0, 0.1) is 5.92 Å². The lowest BCUT2D eigenvalue weighted by molar-refractivity contribution is 0.574. The second-order valence-electron chi connectivity index (χ2n) is 3.49. The Labute approximate surface area is 84.9 Å². The van der Waals surface area contributed by atoms with E-state index < -0.39 is 10.0 Å². The molecule has 5 heteroatoms. The molecular formula is C8H16ClNO2S. The van der Waals surface area contributed by atoms with Gasteiger partial charge in [0.25, 0.3) is 0 Å². The highest BCUT2D eigenvalue weighted by Crippen LogP contribution is 2.33. The number of sulfonamides is 1. The lowest BCUT2D eigenvalue weighted by Crippen LogP contribution is -2.27. The molecule has 78 valence electrons. The highest BCUT2D eigenvalue weighted by molar-refractivity contribution is 7.89. The topological polar surface area (TPSA) is 46.2 Å².